The molecule has 7 nitrogen and oxygen atoms in total. The Morgan fingerprint density at radius 2 is 1.71 bits per heavy atom. The highest BCUT2D eigenvalue weighted by Crippen LogP contribution is 2.38. The first-order valence-corrected chi connectivity index (χ1v) is 9.78. The highest BCUT2D eigenvalue weighted by Gasteiger charge is 2.21. The molecule has 8 heteroatoms. The third-order valence-electron chi connectivity index (χ3n) is 4.18. The molecular formula is C20H19BrO7. The Labute approximate surface area is 168 Å². The van der Waals surface area contributed by atoms with Crippen LogP contribution in [0.2, 0.25) is 0 Å². The van der Waals surface area contributed by atoms with Crippen molar-refractivity contribution < 1.29 is 29.6 Å². The largest absolute Gasteiger partial charge is 0.508 e. The van der Waals surface area contributed by atoms with Crippen molar-refractivity contribution in [2.45, 2.75) is 19.3 Å². The number of hydrogen-bond acceptors (Lipinski definition) is 7. The SMILES string of the molecule is O=c1c(OCCCCCBr)c(-c2ccc(O)c(O)c2)oc2cc(O)cc(O)c12. The molecule has 3 rings (SSSR count). The predicted octanol–water partition coefficient (Wildman–Crippen LogP) is 4.23. The monoisotopic (exact) mass is 450 g/mol. The molecule has 0 saturated carbocycles. The molecular weight excluding hydrogens is 432 g/mol. The summed E-state index contributed by atoms with van der Waals surface area (Å²) in [6, 6.07) is 6.21. The van der Waals surface area contributed by atoms with Crippen LogP contribution in [0.4, 0.5) is 0 Å². The van der Waals surface area contributed by atoms with E-state index in [1.54, 1.807) is 0 Å². The Morgan fingerprint density at radius 1 is 0.929 bits per heavy atom. The molecule has 0 aliphatic carbocycles. The third kappa shape index (κ3) is 4.01. The second-order valence-corrected chi connectivity index (χ2v) is 7.02. The van der Waals surface area contributed by atoms with Gasteiger partial charge in [0, 0.05) is 23.0 Å². The molecule has 0 amide bonds. The van der Waals surface area contributed by atoms with Gasteiger partial charge in [-0.2, -0.15) is 0 Å². The van der Waals surface area contributed by atoms with Gasteiger partial charge in [-0.3, -0.25) is 4.79 Å². The molecule has 3 aromatic rings. The van der Waals surface area contributed by atoms with Gasteiger partial charge in [-0.15, -0.1) is 0 Å². The van der Waals surface area contributed by atoms with E-state index < -0.39 is 11.2 Å². The van der Waals surface area contributed by atoms with Gasteiger partial charge in [0.25, 0.3) is 0 Å². The average molecular weight is 451 g/mol. The van der Waals surface area contributed by atoms with Crippen molar-refractivity contribution >= 4 is 26.9 Å². The number of aromatic hydroxyl groups is 4. The van der Waals surface area contributed by atoms with Crippen LogP contribution in [-0.4, -0.2) is 32.4 Å². The number of phenols is 4. The van der Waals surface area contributed by atoms with E-state index >= 15 is 0 Å². The summed E-state index contributed by atoms with van der Waals surface area (Å²) in [4.78, 5) is 13.0. The summed E-state index contributed by atoms with van der Waals surface area (Å²) in [5.74, 6) is -1.48. The minimum absolute atomic E-state index is 0.0262. The zero-order valence-corrected chi connectivity index (χ0v) is 16.4. The Hall–Kier alpha value is -2.87. The highest BCUT2D eigenvalue weighted by molar-refractivity contribution is 9.09. The lowest BCUT2D eigenvalue weighted by Crippen LogP contribution is -2.11. The lowest BCUT2D eigenvalue weighted by molar-refractivity contribution is 0.298. The smallest absolute Gasteiger partial charge is 0.239 e. The summed E-state index contributed by atoms with van der Waals surface area (Å²) >= 11 is 3.36. The number of halogens is 1. The summed E-state index contributed by atoms with van der Waals surface area (Å²) < 4.78 is 11.4. The molecule has 1 aromatic heterocycles. The summed E-state index contributed by atoms with van der Waals surface area (Å²) in [5.41, 5.74) is -0.328. The number of rotatable bonds is 7. The molecule has 28 heavy (non-hydrogen) atoms. The van der Waals surface area contributed by atoms with E-state index in [0.717, 1.165) is 24.2 Å². The molecule has 4 N–H and O–H groups in total. The number of benzene rings is 2. The molecule has 0 unspecified atom stereocenters. The van der Waals surface area contributed by atoms with Crippen molar-refractivity contribution in [3.05, 3.63) is 40.6 Å². The third-order valence-corrected chi connectivity index (χ3v) is 4.74. The maximum absolute atomic E-state index is 13.0. The maximum atomic E-state index is 13.0. The van der Waals surface area contributed by atoms with Gasteiger partial charge in [0.15, 0.2) is 17.3 Å². The molecule has 0 saturated heterocycles. The van der Waals surface area contributed by atoms with Crippen LogP contribution in [0.3, 0.4) is 0 Å². The zero-order chi connectivity index (χ0) is 20.3. The number of hydrogen-bond donors (Lipinski definition) is 4. The van der Waals surface area contributed by atoms with Gasteiger partial charge < -0.3 is 29.6 Å². The van der Waals surface area contributed by atoms with Crippen molar-refractivity contribution in [2.24, 2.45) is 0 Å². The van der Waals surface area contributed by atoms with Crippen molar-refractivity contribution in [2.75, 3.05) is 11.9 Å². The van der Waals surface area contributed by atoms with Gasteiger partial charge in [-0.25, -0.2) is 0 Å². The number of unbranched alkanes of at least 4 members (excludes halogenated alkanes) is 2. The second kappa shape index (κ2) is 8.43. The van der Waals surface area contributed by atoms with E-state index in [1.165, 1.54) is 24.3 Å². The first-order chi connectivity index (χ1) is 13.4. The summed E-state index contributed by atoms with van der Waals surface area (Å²) in [5, 5.41) is 39.9. The average Bonchev–Trinajstić information content (AvgIpc) is 2.64. The van der Waals surface area contributed by atoms with Gasteiger partial charge in [-0.05, 0) is 37.5 Å². The normalized spacial score (nSPS) is 11.0. The second-order valence-electron chi connectivity index (χ2n) is 6.23. The van der Waals surface area contributed by atoms with E-state index in [1.807, 2.05) is 0 Å². The fourth-order valence-electron chi connectivity index (χ4n) is 2.80. The van der Waals surface area contributed by atoms with Gasteiger partial charge in [0.2, 0.25) is 11.2 Å². The summed E-state index contributed by atoms with van der Waals surface area (Å²) in [6.45, 7) is 0.263. The number of phenolic OH excluding ortho intramolecular Hbond substituents is 4. The molecule has 0 spiro atoms. The number of alkyl halides is 1. The van der Waals surface area contributed by atoms with Crippen LogP contribution in [0.5, 0.6) is 28.7 Å². The lowest BCUT2D eigenvalue weighted by atomic mass is 10.1. The van der Waals surface area contributed by atoms with Gasteiger partial charge in [0.1, 0.15) is 22.5 Å². The van der Waals surface area contributed by atoms with Crippen molar-refractivity contribution in [1.82, 2.24) is 0 Å². The van der Waals surface area contributed by atoms with Crippen LogP contribution in [0.25, 0.3) is 22.3 Å². The van der Waals surface area contributed by atoms with Gasteiger partial charge in [-0.1, -0.05) is 15.9 Å². The molecule has 2 aromatic carbocycles. The van der Waals surface area contributed by atoms with Gasteiger partial charge >= 0.3 is 0 Å². The number of fused-ring (bicyclic) bond motifs is 1. The van der Waals surface area contributed by atoms with E-state index in [4.69, 9.17) is 9.15 Å². The topological polar surface area (TPSA) is 120 Å². The molecule has 0 radical (unpaired) electrons. The first kappa shape index (κ1) is 19.9. The molecule has 148 valence electrons. The molecule has 0 aliphatic rings. The van der Waals surface area contributed by atoms with Gasteiger partial charge in [0.05, 0.1) is 6.61 Å². The van der Waals surface area contributed by atoms with Crippen LogP contribution in [0, 0.1) is 0 Å². The molecule has 1 heterocycles. The van der Waals surface area contributed by atoms with Crippen molar-refractivity contribution in [1.29, 1.82) is 0 Å². The number of ether oxygens (including phenoxy) is 1. The first-order valence-electron chi connectivity index (χ1n) is 8.66. The van der Waals surface area contributed by atoms with E-state index in [0.29, 0.717) is 12.0 Å². The molecule has 0 aliphatic heterocycles. The summed E-state index contributed by atoms with van der Waals surface area (Å²) in [7, 11) is 0. The van der Waals surface area contributed by atoms with E-state index in [9.17, 15) is 25.2 Å². The lowest BCUT2D eigenvalue weighted by Gasteiger charge is -2.13. The van der Waals surface area contributed by atoms with Crippen LogP contribution in [0.1, 0.15) is 19.3 Å². The molecule has 0 atom stereocenters. The minimum Gasteiger partial charge on any atom is -0.508 e. The van der Waals surface area contributed by atoms with E-state index in [2.05, 4.69) is 15.9 Å². The van der Waals surface area contributed by atoms with Crippen LogP contribution < -0.4 is 10.2 Å². The standard InChI is InChI=1S/C20H19BrO7/c21-6-2-1-3-7-27-20-18(26)17-15(25)9-12(22)10-16(17)28-19(20)11-4-5-13(23)14(24)8-11/h4-5,8-10,22-25H,1-3,6-7H2. The Morgan fingerprint density at radius 3 is 2.43 bits per heavy atom. The van der Waals surface area contributed by atoms with E-state index in [-0.39, 0.29) is 46.3 Å². The minimum atomic E-state index is -0.596. The Kier molecular flexibility index (Phi) is 5.99. The van der Waals surface area contributed by atoms with Crippen LogP contribution in [-0.2, 0) is 0 Å². The Bertz CT molecular complexity index is 1060. The maximum Gasteiger partial charge on any atom is 0.239 e. The van der Waals surface area contributed by atoms with Crippen molar-refractivity contribution in [3.63, 3.8) is 0 Å². The fourth-order valence-corrected chi connectivity index (χ4v) is 3.20. The Balaban J connectivity index is 2.14. The zero-order valence-electron chi connectivity index (χ0n) is 14.8. The molecule has 0 bridgehead atoms. The summed E-state index contributed by atoms with van der Waals surface area (Å²) in [6.07, 6.45) is 2.58. The van der Waals surface area contributed by atoms with Crippen LogP contribution in [0.15, 0.2) is 39.5 Å². The highest BCUT2D eigenvalue weighted by atomic mass is 79.9. The van der Waals surface area contributed by atoms with Crippen molar-refractivity contribution in [3.8, 4) is 40.1 Å². The van der Waals surface area contributed by atoms with Crippen LogP contribution >= 0.6 is 15.9 Å². The fraction of sp³-hybridized carbons (Fsp3) is 0.250. The molecule has 0 fully saturated rings. The quantitative estimate of drug-likeness (QED) is 0.241. The predicted molar refractivity (Wildman–Crippen MR) is 108 cm³/mol.